The van der Waals surface area contributed by atoms with Gasteiger partial charge >= 0.3 is 5.97 Å². The Hall–Kier alpha value is -2.84. The number of esters is 1. The van der Waals surface area contributed by atoms with Crippen molar-refractivity contribution >= 4 is 37.6 Å². The monoisotopic (exact) mass is 517 g/mol. The minimum Gasteiger partial charge on any atom is -0.497 e. The number of carbonyl (C=O) groups excluding carboxylic acids is 1. The lowest BCUT2D eigenvalue weighted by atomic mass is 10.0. The van der Waals surface area contributed by atoms with Gasteiger partial charge in [-0.3, -0.25) is 4.31 Å². The van der Waals surface area contributed by atoms with Crippen LogP contribution in [0.3, 0.4) is 0 Å². The van der Waals surface area contributed by atoms with Gasteiger partial charge in [-0.15, -0.1) is 0 Å². The molecule has 0 fully saturated rings. The Kier molecular flexibility index (Phi) is 7.26. The summed E-state index contributed by atoms with van der Waals surface area (Å²) in [4.78, 5) is 12.7. The molecule has 8 heteroatoms. The van der Waals surface area contributed by atoms with Crippen LogP contribution in [0.4, 0.5) is 5.69 Å². The largest absolute Gasteiger partial charge is 0.497 e. The molecule has 3 aromatic rings. The van der Waals surface area contributed by atoms with E-state index in [1.165, 1.54) is 30.7 Å². The Morgan fingerprint density at radius 3 is 2.28 bits per heavy atom. The van der Waals surface area contributed by atoms with Gasteiger partial charge in [0.05, 0.1) is 36.9 Å². The Morgan fingerprint density at radius 2 is 1.69 bits per heavy atom. The van der Waals surface area contributed by atoms with Gasteiger partial charge in [-0.2, -0.15) is 0 Å². The highest BCUT2D eigenvalue weighted by molar-refractivity contribution is 9.10. The van der Waals surface area contributed by atoms with E-state index in [-0.39, 0.29) is 17.0 Å². The van der Waals surface area contributed by atoms with E-state index >= 15 is 0 Å². The van der Waals surface area contributed by atoms with Crippen LogP contribution in [0.1, 0.15) is 27.0 Å². The van der Waals surface area contributed by atoms with E-state index in [1.807, 2.05) is 37.3 Å². The lowest BCUT2D eigenvalue weighted by molar-refractivity contribution is 0.0601. The van der Waals surface area contributed by atoms with E-state index in [9.17, 15) is 13.2 Å². The third kappa shape index (κ3) is 4.97. The Labute approximate surface area is 197 Å². The maximum atomic E-state index is 13.8. The first-order valence-corrected chi connectivity index (χ1v) is 12.0. The zero-order chi connectivity index (χ0) is 23.5. The van der Waals surface area contributed by atoms with Gasteiger partial charge in [-0.1, -0.05) is 34.1 Å². The fourth-order valence-electron chi connectivity index (χ4n) is 3.52. The molecule has 0 unspecified atom stereocenters. The van der Waals surface area contributed by atoms with Crippen LogP contribution in [0.15, 0.2) is 70.0 Å². The van der Waals surface area contributed by atoms with E-state index in [1.54, 1.807) is 25.1 Å². The van der Waals surface area contributed by atoms with Gasteiger partial charge < -0.3 is 9.47 Å². The zero-order valence-electron chi connectivity index (χ0n) is 18.3. The number of hydrogen-bond acceptors (Lipinski definition) is 5. The van der Waals surface area contributed by atoms with Crippen LogP contribution in [-0.4, -0.2) is 28.6 Å². The van der Waals surface area contributed by atoms with Gasteiger partial charge in [0.25, 0.3) is 10.0 Å². The van der Waals surface area contributed by atoms with Crippen LogP contribution in [0.2, 0.25) is 0 Å². The number of aryl methyl sites for hydroxylation is 2. The number of benzene rings is 3. The summed E-state index contributed by atoms with van der Waals surface area (Å²) < 4.78 is 39.9. The second-order valence-electron chi connectivity index (χ2n) is 7.29. The molecule has 0 N–H and O–H groups in total. The van der Waals surface area contributed by atoms with Crippen molar-refractivity contribution in [2.45, 2.75) is 25.3 Å². The number of carbonyl (C=O) groups is 1. The molecule has 0 amide bonds. The maximum Gasteiger partial charge on any atom is 0.340 e. The Morgan fingerprint density at radius 1 is 1.00 bits per heavy atom. The molecule has 3 rings (SSSR count). The van der Waals surface area contributed by atoms with Gasteiger partial charge in [0.15, 0.2) is 0 Å². The van der Waals surface area contributed by atoms with Gasteiger partial charge in [-0.25, -0.2) is 13.2 Å². The van der Waals surface area contributed by atoms with E-state index < -0.39 is 16.0 Å². The highest BCUT2D eigenvalue weighted by Gasteiger charge is 2.31. The summed E-state index contributed by atoms with van der Waals surface area (Å²) in [6.45, 7) is 3.66. The first-order valence-electron chi connectivity index (χ1n) is 9.78. The SMILES string of the molecule is COC(=O)c1cc(C)cc(C)c1N(Cc1cccc(Br)c1)S(=O)(=O)c1ccc(OC)cc1. The molecule has 3 aromatic carbocycles. The molecule has 0 heterocycles. The Bertz CT molecular complexity index is 1240. The summed E-state index contributed by atoms with van der Waals surface area (Å²) in [6.07, 6.45) is 0. The number of methoxy groups -OCH3 is 2. The highest BCUT2D eigenvalue weighted by atomic mass is 79.9. The minimum atomic E-state index is -4.04. The molecule has 0 saturated heterocycles. The molecule has 0 aliphatic rings. The van der Waals surface area contributed by atoms with Crippen LogP contribution in [0.5, 0.6) is 5.75 Å². The van der Waals surface area contributed by atoms with E-state index in [0.717, 1.165) is 15.6 Å². The molecule has 0 bridgehead atoms. The van der Waals surface area contributed by atoms with Crippen molar-refractivity contribution in [2.75, 3.05) is 18.5 Å². The van der Waals surface area contributed by atoms with Gasteiger partial charge in [0.2, 0.25) is 0 Å². The molecule has 32 heavy (non-hydrogen) atoms. The van der Waals surface area contributed by atoms with Crippen LogP contribution in [-0.2, 0) is 21.3 Å². The quantitative estimate of drug-likeness (QED) is 0.399. The van der Waals surface area contributed by atoms with E-state index in [4.69, 9.17) is 9.47 Å². The number of sulfonamides is 1. The summed E-state index contributed by atoms with van der Waals surface area (Å²) >= 11 is 3.44. The second kappa shape index (κ2) is 9.75. The third-order valence-corrected chi connectivity index (χ3v) is 7.22. The fraction of sp³-hybridized carbons (Fsp3) is 0.208. The normalized spacial score (nSPS) is 11.2. The molecular formula is C24H24BrNO5S. The average Bonchev–Trinajstić information content (AvgIpc) is 2.77. The number of hydrogen-bond donors (Lipinski definition) is 0. The second-order valence-corrected chi connectivity index (χ2v) is 10.1. The summed E-state index contributed by atoms with van der Waals surface area (Å²) in [5.74, 6) is -0.0553. The molecule has 6 nitrogen and oxygen atoms in total. The smallest absolute Gasteiger partial charge is 0.340 e. The van der Waals surface area contributed by atoms with Gasteiger partial charge in [-0.05, 0) is 73.0 Å². The summed E-state index contributed by atoms with van der Waals surface area (Å²) in [5.41, 5.74) is 2.72. The van der Waals surface area contributed by atoms with Crippen molar-refractivity contribution in [1.82, 2.24) is 0 Å². The molecule has 168 valence electrons. The highest BCUT2D eigenvalue weighted by Crippen LogP contribution is 2.34. The number of nitrogens with zero attached hydrogens (tertiary/aromatic N) is 1. The number of ether oxygens (including phenoxy) is 2. The van der Waals surface area contributed by atoms with Crippen LogP contribution in [0.25, 0.3) is 0 Å². The molecule has 0 spiro atoms. The predicted octanol–water partition coefficient (Wildman–Crippen LogP) is 5.26. The van der Waals surface area contributed by atoms with Crippen LogP contribution in [0, 0.1) is 13.8 Å². The lowest BCUT2D eigenvalue weighted by Gasteiger charge is -2.28. The standard InChI is InChI=1S/C24H24BrNO5S/c1-16-12-17(2)23(22(13-16)24(27)31-4)26(15-18-6-5-7-19(25)14-18)32(28,29)21-10-8-20(30-3)9-11-21/h5-14H,15H2,1-4H3. The number of anilines is 1. The first kappa shape index (κ1) is 23.8. The maximum absolute atomic E-state index is 13.8. The number of rotatable bonds is 7. The summed E-state index contributed by atoms with van der Waals surface area (Å²) in [6, 6.07) is 17.0. The Balaban J connectivity index is 2.25. The number of halogens is 1. The first-order chi connectivity index (χ1) is 15.2. The van der Waals surface area contributed by atoms with Crippen molar-refractivity contribution < 1.29 is 22.7 Å². The molecule has 0 saturated carbocycles. The molecular weight excluding hydrogens is 494 g/mol. The minimum absolute atomic E-state index is 0.0295. The van der Waals surface area contributed by atoms with Crippen molar-refractivity contribution in [3.05, 3.63) is 87.4 Å². The molecule has 0 radical (unpaired) electrons. The van der Waals surface area contributed by atoms with Gasteiger partial charge in [0.1, 0.15) is 5.75 Å². The van der Waals surface area contributed by atoms with Crippen molar-refractivity contribution in [1.29, 1.82) is 0 Å². The predicted molar refractivity (Wildman–Crippen MR) is 128 cm³/mol. The lowest BCUT2D eigenvalue weighted by Crippen LogP contribution is -2.33. The summed E-state index contributed by atoms with van der Waals surface area (Å²) in [5, 5.41) is 0. The topological polar surface area (TPSA) is 72.9 Å². The molecule has 0 aromatic heterocycles. The average molecular weight is 518 g/mol. The fourth-order valence-corrected chi connectivity index (χ4v) is 5.50. The molecule has 0 aliphatic carbocycles. The third-order valence-electron chi connectivity index (χ3n) is 4.96. The van der Waals surface area contributed by atoms with E-state index in [2.05, 4.69) is 15.9 Å². The van der Waals surface area contributed by atoms with E-state index in [0.29, 0.717) is 17.0 Å². The molecule has 0 aliphatic heterocycles. The van der Waals surface area contributed by atoms with Gasteiger partial charge in [0, 0.05) is 4.47 Å². The van der Waals surface area contributed by atoms with Crippen LogP contribution < -0.4 is 9.04 Å². The van der Waals surface area contributed by atoms with Crippen molar-refractivity contribution in [2.24, 2.45) is 0 Å². The van der Waals surface area contributed by atoms with Crippen molar-refractivity contribution in [3.8, 4) is 5.75 Å². The molecule has 0 atom stereocenters. The zero-order valence-corrected chi connectivity index (χ0v) is 20.7. The van der Waals surface area contributed by atoms with Crippen LogP contribution >= 0.6 is 15.9 Å². The van der Waals surface area contributed by atoms with Crippen molar-refractivity contribution in [3.63, 3.8) is 0 Å². The summed E-state index contributed by atoms with van der Waals surface area (Å²) in [7, 11) is -1.24.